The number of non-ortho nitro benzene ring substituents is 1. The molecule has 0 bridgehead atoms. The number of rotatable bonds is 7. The summed E-state index contributed by atoms with van der Waals surface area (Å²) in [5, 5.41) is 15.1. The smallest absolute Gasteiger partial charge is 0.272 e. The van der Waals surface area contributed by atoms with Crippen LogP contribution < -0.4 is 14.8 Å². The molecule has 7 nitrogen and oxygen atoms in total. The Morgan fingerprint density at radius 2 is 2.10 bits per heavy atom. The second kappa shape index (κ2) is 9.26. The molecule has 3 aromatic rings. The summed E-state index contributed by atoms with van der Waals surface area (Å²) in [6.07, 6.45) is 4.22. The second-order valence-electron chi connectivity index (χ2n) is 7.72. The normalized spacial score (nSPS) is 16.3. The Morgan fingerprint density at radius 1 is 1.23 bits per heavy atom. The number of methoxy groups -OCH3 is 1. The van der Waals surface area contributed by atoms with E-state index < -0.39 is 10.7 Å². The van der Waals surface area contributed by atoms with Crippen molar-refractivity contribution in [3.05, 3.63) is 69.7 Å². The molecule has 1 fully saturated rings. The van der Waals surface area contributed by atoms with Crippen molar-refractivity contribution in [3.8, 4) is 11.5 Å². The minimum absolute atomic E-state index is 0.266. The van der Waals surface area contributed by atoms with Gasteiger partial charge in [-0.25, -0.2) is 4.39 Å². The molecule has 0 saturated carbocycles. The van der Waals surface area contributed by atoms with E-state index in [1.165, 1.54) is 12.1 Å². The topological polar surface area (TPSA) is 86.5 Å². The number of aromatic nitrogens is 1. The Kier molecular flexibility index (Phi) is 6.27. The molecule has 1 aliphatic heterocycles. The molecule has 1 saturated heterocycles. The Morgan fingerprint density at radius 3 is 2.81 bits per heavy atom. The molecule has 2 heterocycles. The maximum Gasteiger partial charge on any atom is 0.272 e. The standard InChI is InChI=1S/C23H24FN3O4/c1-30-22-11-19-16(9-17-4-5-18(27(28)29)10-20(17)24)6-8-26-21(19)12-23(22)31-14-15-3-2-7-25-13-15/h4-6,8,10-12,15,25H,2-3,7,9,13-14H2,1H3. The average Bonchev–Trinajstić information content (AvgIpc) is 2.79. The molecule has 1 aromatic heterocycles. The van der Waals surface area contributed by atoms with Crippen LogP contribution in [0.4, 0.5) is 10.1 Å². The molecule has 0 aliphatic carbocycles. The van der Waals surface area contributed by atoms with Crippen LogP contribution in [0.2, 0.25) is 0 Å². The summed E-state index contributed by atoms with van der Waals surface area (Å²) in [6, 6.07) is 9.23. The molecule has 0 amide bonds. The first-order valence-electron chi connectivity index (χ1n) is 10.3. The van der Waals surface area contributed by atoms with E-state index in [9.17, 15) is 14.5 Å². The van der Waals surface area contributed by atoms with Gasteiger partial charge in [0, 0.05) is 42.6 Å². The maximum absolute atomic E-state index is 14.4. The van der Waals surface area contributed by atoms with E-state index in [1.807, 2.05) is 18.2 Å². The zero-order valence-electron chi connectivity index (χ0n) is 17.3. The van der Waals surface area contributed by atoms with Crippen LogP contribution in [0.5, 0.6) is 11.5 Å². The lowest BCUT2D eigenvalue weighted by molar-refractivity contribution is -0.385. The van der Waals surface area contributed by atoms with Crippen LogP contribution in [0.1, 0.15) is 24.0 Å². The third kappa shape index (κ3) is 4.74. The minimum Gasteiger partial charge on any atom is -0.493 e. The Labute approximate surface area is 179 Å². The fourth-order valence-corrected chi connectivity index (χ4v) is 3.91. The summed E-state index contributed by atoms with van der Waals surface area (Å²) < 4.78 is 26.0. The number of nitrogens with zero attached hydrogens (tertiary/aromatic N) is 2. The van der Waals surface area contributed by atoms with Gasteiger partial charge in [0.1, 0.15) is 5.82 Å². The molecule has 1 N–H and O–H groups in total. The first kappa shape index (κ1) is 21.0. The van der Waals surface area contributed by atoms with Crippen LogP contribution in [0.15, 0.2) is 42.6 Å². The summed E-state index contributed by atoms with van der Waals surface area (Å²) in [5.74, 6) is 1.08. The SMILES string of the molecule is COc1cc2c(Cc3ccc([N+](=O)[O-])cc3F)ccnc2cc1OCC1CCCNC1. The lowest BCUT2D eigenvalue weighted by atomic mass is 10.00. The van der Waals surface area contributed by atoms with Gasteiger partial charge in [0.05, 0.1) is 30.2 Å². The largest absolute Gasteiger partial charge is 0.493 e. The van der Waals surface area contributed by atoms with Gasteiger partial charge in [-0.1, -0.05) is 0 Å². The summed E-state index contributed by atoms with van der Waals surface area (Å²) in [6.45, 7) is 2.60. The van der Waals surface area contributed by atoms with Gasteiger partial charge in [-0.05, 0) is 48.7 Å². The first-order chi connectivity index (χ1) is 15.0. The molecule has 0 radical (unpaired) electrons. The van der Waals surface area contributed by atoms with Crippen molar-refractivity contribution in [3.63, 3.8) is 0 Å². The van der Waals surface area contributed by atoms with Gasteiger partial charge in [0.15, 0.2) is 11.5 Å². The number of ether oxygens (including phenoxy) is 2. The van der Waals surface area contributed by atoms with Gasteiger partial charge in [0.25, 0.3) is 5.69 Å². The van der Waals surface area contributed by atoms with Crippen molar-refractivity contribution in [2.24, 2.45) is 5.92 Å². The number of nitrogens with one attached hydrogen (secondary N) is 1. The van der Waals surface area contributed by atoms with E-state index in [2.05, 4.69) is 10.3 Å². The van der Waals surface area contributed by atoms with E-state index in [4.69, 9.17) is 9.47 Å². The fourth-order valence-electron chi connectivity index (χ4n) is 3.91. The highest BCUT2D eigenvalue weighted by atomic mass is 19.1. The number of hydrogen-bond donors (Lipinski definition) is 1. The second-order valence-corrected chi connectivity index (χ2v) is 7.72. The number of hydrogen-bond acceptors (Lipinski definition) is 6. The first-order valence-corrected chi connectivity index (χ1v) is 10.3. The highest BCUT2D eigenvalue weighted by molar-refractivity contribution is 5.86. The quantitative estimate of drug-likeness (QED) is 0.450. The summed E-state index contributed by atoms with van der Waals surface area (Å²) >= 11 is 0. The van der Waals surface area contributed by atoms with Crippen molar-refractivity contribution in [2.45, 2.75) is 19.3 Å². The molecule has 0 spiro atoms. The predicted octanol–water partition coefficient (Wildman–Crippen LogP) is 4.26. The number of nitro groups is 1. The molecule has 1 unspecified atom stereocenters. The maximum atomic E-state index is 14.4. The van der Waals surface area contributed by atoms with E-state index in [0.717, 1.165) is 48.5 Å². The molecule has 2 aromatic carbocycles. The van der Waals surface area contributed by atoms with Crippen LogP contribution in [0.3, 0.4) is 0 Å². The zero-order chi connectivity index (χ0) is 21.8. The van der Waals surface area contributed by atoms with E-state index in [-0.39, 0.29) is 12.1 Å². The Bertz CT molecular complexity index is 1100. The summed E-state index contributed by atoms with van der Waals surface area (Å²) in [5.41, 5.74) is 1.68. The molecule has 1 atom stereocenters. The molecular formula is C23H24FN3O4. The molecular weight excluding hydrogens is 401 g/mol. The fraction of sp³-hybridized carbons (Fsp3) is 0.348. The van der Waals surface area contributed by atoms with Crippen LogP contribution >= 0.6 is 0 Å². The number of halogens is 1. The van der Waals surface area contributed by atoms with Gasteiger partial charge in [0.2, 0.25) is 0 Å². The van der Waals surface area contributed by atoms with Crippen LogP contribution in [0, 0.1) is 21.8 Å². The number of pyridine rings is 1. The zero-order valence-corrected chi connectivity index (χ0v) is 17.3. The van der Waals surface area contributed by atoms with Gasteiger partial charge in [-0.3, -0.25) is 15.1 Å². The van der Waals surface area contributed by atoms with Crippen molar-refractivity contribution in [2.75, 3.05) is 26.8 Å². The van der Waals surface area contributed by atoms with Crippen LogP contribution in [0.25, 0.3) is 10.9 Å². The Hall–Kier alpha value is -3.26. The van der Waals surface area contributed by atoms with E-state index >= 15 is 0 Å². The number of benzene rings is 2. The van der Waals surface area contributed by atoms with Crippen molar-refractivity contribution in [1.29, 1.82) is 0 Å². The summed E-state index contributed by atoms with van der Waals surface area (Å²) in [4.78, 5) is 14.7. The summed E-state index contributed by atoms with van der Waals surface area (Å²) in [7, 11) is 1.59. The van der Waals surface area contributed by atoms with Crippen molar-refractivity contribution < 1.29 is 18.8 Å². The lowest BCUT2D eigenvalue weighted by Crippen LogP contribution is -2.33. The lowest BCUT2D eigenvalue weighted by Gasteiger charge is -2.23. The number of nitro benzene ring substituents is 1. The van der Waals surface area contributed by atoms with Crippen molar-refractivity contribution >= 4 is 16.6 Å². The Balaban J connectivity index is 1.61. The molecule has 8 heteroatoms. The molecule has 4 rings (SSSR count). The van der Waals surface area contributed by atoms with E-state index in [0.29, 0.717) is 29.6 Å². The third-order valence-corrected chi connectivity index (χ3v) is 5.62. The highest BCUT2D eigenvalue weighted by Crippen LogP contribution is 2.34. The van der Waals surface area contributed by atoms with Gasteiger partial charge >= 0.3 is 0 Å². The van der Waals surface area contributed by atoms with Crippen LogP contribution in [-0.2, 0) is 6.42 Å². The number of fused-ring (bicyclic) bond motifs is 1. The number of piperidine rings is 1. The average molecular weight is 425 g/mol. The highest BCUT2D eigenvalue weighted by Gasteiger charge is 2.17. The van der Waals surface area contributed by atoms with Crippen LogP contribution in [-0.4, -0.2) is 36.7 Å². The van der Waals surface area contributed by atoms with E-state index in [1.54, 1.807) is 13.3 Å². The van der Waals surface area contributed by atoms with Gasteiger partial charge in [-0.15, -0.1) is 0 Å². The van der Waals surface area contributed by atoms with Gasteiger partial charge < -0.3 is 14.8 Å². The monoisotopic (exact) mass is 425 g/mol. The molecule has 31 heavy (non-hydrogen) atoms. The predicted molar refractivity (Wildman–Crippen MR) is 115 cm³/mol. The molecule has 162 valence electrons. The third-order valence-electron chi connectivity index (χ3n) is 5.62. The van der Waals surface area contributed by atoms with Gasteiger partial charge in [-0.2, -0.15) is 0 Å². The minimum atomic E-state index is -0.607. The molecule has 1 aliphatic rings. The van der Waals surface area contributed by atoms with Crippen molar-refractivity contribution in [1.82, 2.24) is 10.3 Å².